The van der Waals surface area contributed by atoms with Crippen LogP contribution < -0.4 is 10.1 Å². The molecular weight excluding hydrogens is 293 g/mol. The Morgan fingerprint density at radius 1 is 1.29 bits per heavy atom. The first-order valence-corrected chi connectivity index (χ1v) is 8.97. The summed E-state index contributed by atoms with van der Waals surface area (Å²) >= 11 is 0. The topological polar surface area (TPSA) is 55.4 Å². The van der Waals surface area contributed by atoms with E-state index in [9.17, 15) is 12.8 Å². The van der Waals surface area contributed by atoms with E-state index in [1.165, 1.54) is 12.3 Å². The summed E-state index contributed by atoms with van der Waals surface area (Å²) in [6, 6.07) is 4.81. The van der Waals surface area contributed by atoms with Gasteiger partial charge in [0.2, 0.25) is 0 Å². The van der Waals surface area contributed by atoms with Gasteiger partial charge in [-0.25, -0.2) is 12.8 Å². The van der Waals surface area contributed by atoms with E-state index in [2.05, 4.69) is 5.32 Å². The lowest BCUT2D eigenvalue weighted by Gasteiger charge is -2.20. The van der Waals surface area contributed by atoms with Crippen LogP contribution in [0, 0.1) is 5.82 Å². The van der Waals surface area contributed by atoms with Crippen molar-refractivity contribution >= 4 is 9.84 Å². The lowest BCUT2D eigenvalue weighted by Crippen LogP contribution is -2.35. The first-order chi connectivity index (χ1) is 9.57. The van der Waals surface area contributed by atoms with Crippen molar-refractivity contribution in [2.75, 3.05) is 18.6 Å². The van der Waals surface area contributed by atoms with Gasteiger partial charge < -0.3 is 10.1 Å². The molecule has 0 aliphatic heterocycles. The Labute approximate surface area is 126 Å². The molecule has 0 aromatic heterocycles. The fourth-order valence-corrected chi connectivity index (χ4v) is 2.28. The van der Waals surface area contributed by atoms with Crippen LogP contribution in [0.4, 0.5) is 4.39 Å². The maximum absolute atomic E-state index is 13.9. The molecule has 0 aliphatic rings. The number of hydrogen-bond acceptors (Lipinski definition) is 4. The van der Waals surface area contributed by atoms with E-state index in [-0.39, 0.29) is 23.6 Å². The SMILES string of the molecule is CC(C)(C)NCc1ccc(OCCCS(C)(=O)=O)c(F)c1. The second-order valence-corrected chi connectivity index (χ2v) is 8.46. The van der Waals surface area contributed by atoms with Crippen LogP contribution >= 0.6 is 0 Å². The van der Waals surface area contributed by atoms with Gasteiger partial charge in [0, 0.05) is 18.3 Å². The highest BCUT2D eigenvalue weighted by molar-refractivity contribution is 7.90. The van der Waals surface area contributed by atoms with E-state index in [0.717, 1.165) is 5.56 Å². The van der Waals surface area contributed by atoms with Gasteiger partial charge in [0.15, 0.2) is 11.6 Å². The number of ether oxygens (including phenoxy) is 1. The molecule has 120 valence electrons. The van der Waals surface area contributed by atoms with Crippen LogP contribution in [0.1, 0.15) is 32.8 Å². The van der Waals surface area contributed by atoms with Crippen LogP contribution in [0.5, 0.6) is 5.75 Å². The molecule has 0 saturated heterocycles. The van der Waals surface area contributed by atoms with Gasteiger partial charge in [-0.05, 0) is 44.9 Å². The van der Waals surface area contributed by atoms with Crippen molar-refractivity contribution in [2.45, 2.75) is 39.3 Å². The zero-order valence-corrected chi connectivity index (χ0v) is 13.9. The minimum absolute atomic E-state index is 0.0305. The van der Waals surface area contributed by atoms with Gasteiger partial charge in [0.05, 0.1) is 12.4 Å². The number of benzene rings is 1. The Morgan fingerprint density at radius 2 is 1.95 bits per heavy atom. The quantitative estimate of drug-likeness (QED) is 0.785. The molecule has 0 unspecified atom stereocenters. The largest absolute Gasteiger partial charge is 0.490 e. The van der Waals surface area contributed by atoms with E-state index in [4.69, 9.17) is 4.74 Å². The highest BCUT2D eigenvalue weighted by atomic mass is 32.2. The lowest BCUT2D eigenvalue weighted by atomic mass is 10.1. The molecule has 0 amide bonds. The second-order valence-electron chi connectivity index (χ2n) is 6.20. The summed E-state index contributed by atoms with van der Waals surface area (Å²) in [4.78, 5) is 0. The Morgan fingerprint density at radius 3 is 2.48 bits per heavy atom. The Kier molecular flexibility index (Phi) is 6.16. The third-order valence-electron chi connectivity index (χ3n) is 2.74. The van der Waals surface area contributed by atoms with Crippen LogP contribution in [-0.2, 0) is 16.4 Å². The van der Waals surface area contributed by atoms with Crippen LogP contribution in [-0.4, -0.2) is 32.6 Å². The third kappa shape index (κ3) is 8.02. The first-order valence-electron chi connectivity index (χ1n) is 6.91. The van der Waals surface area contributed by atoms with Gasteiger partial charge in [-0.1, -0.05) is 6.07 Å². The Hall–Kier alpha value is -1.14. The summed E-state index contributed by atoms with van der Waals surface area (Å²) in [5.41, 5.74) is 0.808. The van der Waals surface area contributed by atoms with Crippen LogP contribution in [0.2, 0.25) is 0 Å². The van der Waals surface area contributed by atoms with Gasteiger partial charge in [0.1, 0.15) is 9.84 Å². The van der Waals surface area contributed by atoms with E-state index in [0.29, 0.717) is 13.0 Å². The maximum Gasteiger partial charge on any atom is 0.165 e. The average molecular weight is 317 g/mol. The molecule has 1 aromatic rings. The molecule has 0 spiro atoms. The first kappa shape index (κ1) is 17.9. The van der Waals surface area contributed by atoms with Crippen LogP contribution in [0.3, 0.4) is 0 Å². The summed E-state index contributed by atoms with van der Waals surface area (Å²) in [6.45, 7) is 6.90. The van der Waals surface area contributed by atoms with Gasteiger partial charge in [0.25, 0.3) is 0 Å². The van der Waals surface area contributed by atoms with Crippen LogP contribution in [0.15, 0.2) is 18.2 Å². The standard InChI is InChI=1S/C15H24FNO3S/c1-15(2,3)17-11-12-6-7-14(13(16)10-12)20-8-5-9-21(4,18)19/h6-7,10,17H,5,8-9,11H2,1-4H3. The summed E-state index contributed by atoms with van der Waals surface area (Å²) < 4.78 is 41.1. The molecular formula is C15H24FNO3S. The van der Waals surface area contributed by atoms with E-state index >= 15 is 0 Å². The molecule has 0 saturated carbocycles. The lowest BCUT2D eigenvalue weighted by molar-refractivity contribution is 0.301. The molecule has 0 atom stereocenters. The number of rotatable bonds is 7. The minimum Gasteiger partial charge on any atom is -0.490 e. The van der Waals surface area contributed by atoms with Crippen molar-refractivity contribution in [3.63, 3.8) is 0 Å². The monoisotopic (exact) mass is 317 g/mol. The van der Waals surface area contributed by atoms with Gasteiger partial charge in [-0.15, -0.1) is 0 Å². The smallest absolute Gasteiger partial charge is 0.165 e. The average Bonchev–Trinajstić information content (AvgIpc) is 2.32. The second kappa shape index (κ2) is 7.22. The third-order valence-corrected chi connectivity index (χ3v) is 3.77. The minimum atomic E-state index is -3.00. The predicted octanol–water partition coefficient (Wildman–Crippen LogP) is 2.53. The number of nitrogens with one attached hydrogen (secondary N) is 1. The molecule has 0 fully saturated rings. The maximum atomic E-state index is 13.9. The molecule has 1 aromatic carbocycles. The van der Waals surface area contributed by atoms with Gasteiger partial charge in [-0.2, -0.15) is 0 Å². The number of hydrogen-bond donors (Lipinski definition) is 1. The molecule has 6 heteroatoms. The molecule has 0 heterocycles. The molecule has 1 N–H and O–H groups in total. The van der Waals surface area contributed by atoms with Gasteiger partial charge >= 0.3 is 0 Å². The molecule has 1 rings (SSSR count). The molecule has 21 heavy (non-hydrogen) atoms. The van der Waals surface area contributed by atoms with Crippen molar-refractivity contribution in [3.8, 4) is 5.75 Å². The summed E-state index contributed by atoms with van der Waals surface area (Å²) in [5.74, 6) is -0.229. The number of sulfone groups is 1. The molecule has 0 aliphatic carbocycles. The van der Waals surface area contributed by atoms with Crippen molar-refractivity contribution in [1.29, 1.82) is 0 Å². The van der Waals surface area contributed by atoms with Crippen LogP contribution in [0.25, 0.3) is 0 Å². The Balaban J connectivity index is 2.50. The summed E-state index contributed by atoms with van der Waals surface area (Å²) in [7, 11) is -3.00. The van der Waals surface area contributed by atoms with Crippen molar-refractivity contribution in [1.82, 2.24) is 5.32 Å². The van der Waals surface area contributed by atoms with E-state index in [1.807, 2.05) is 20.8 Å². The van der Waals surface area contributed by atoms with Crippen molar-refractivity contribution < 1.29 is 17.5 Å². The molecule has 0 radical (unpaired) electrons. The predicted molar refractivity (Wildman–Crippen MR) is 82.8 cm³/mol. The zero-order chi connectivity index (χ0) is 16.1. The fraction of sp³-hybridized carbons (Fsp3) is 0.600. The van der Waals surface area contributed by atoms with E-state index < -0.39 is 15.7 Å². The van der Waals surface area contributed by atoms with Crippen molar-refractivity contribution in [2.24, 2.45) is 0 Å². The van der Waals surface area contributed by atoms with Crippen molar-refractivity contribution in [3.05, 3.63) is 29.6 Å². The summed E-state index contributed by atoms with van der Waals surface area (Å²) in [6.07, 6.45) is 1.52. The zero-order valence-electron chi connectivity index (χ0n) is 13.1. The summed E-state index contributed by atoms with van der Waals surface area (Å²) in [5, 5.41) is 3.28. The highest BCUT2D eigenvalue weighted by Crippen LogP contribution is 2.19. The molecule has 0 bridgehead atoms. The molecule has 4 nitrogen and oxygen atoms in total. The normalized spacial score (nSPS) is 12.4. The Bertz CT molecular complexity index is 565. The fourth-order valence-electron chi connectivity index (χ4n) is 1.64. The van der Waals surface area contributed by atoms with E-state index in [1.54, 1.807) is 12.1 Å². The highest BCUT2D eigenvalue weighted by Gasteiger charge is 2.10. The van der Waals surface area contributed by atoms with Gasteiger partial charge in [-0.3, -0.25) is 0 Å². The number of halogens is 1.